The number of rotatable bonds is 5. The molecule has 4 atom stereocenters. The van der Waals surface area contributed by atoms with Crippen LogP contribution >= 0.6 is 0 Å². The van der Waals surface area contributed by atoms with E-state index in [0.717, 1.165) is 18.5 Å². The van der Waals surface area contributed by atoms with Crippen molar-refractivity contribution in [2.45, 2.75) is 66.5 Å². The van der Waals surface area contributed by atoms with E-state index >= 15 is 0 Å². The van der Waals surface area contributed by atoms with E-state index in [1.54, 1.807) is 4.90 Å². The van der Waals surface area contributed by atoms with Crippen LogP contribution in [-0.4, -0.2) is 17.2 Å². The third-order valence-electron chi connectivity index (χ3n) is 6.34. The van der Waals surface area contributed by atoms with Gasteiger partial charge >= 0.3 is 0 Å². The number of hydrogen-bond donors (Lipinski definition) is 1. The van der Waals surface area contributed by atoms with Gasteiger partial charge in [0.25, 0.3) is 0 Å². The number of aliphatic hydroxyl groups excluding tert-OH is 1. The first-order valence-corrected chi connectivity index (χ1v) is 11.1. The van der Waals surface area contributed by atoms with Gasteiger partial charge in [0.2, 0.25) is 5.91 Å². The van der Waals surface area contributed by atoms with Gasteiger partial charge in [-0.2, -0.15) is 0 Å². The van der Waals surface area contributed by atoms with Gasteiger partial charge in [0, 0.05) is 17.5 Å². The molecule has 0 bridgehead atoms. The Kier molecular flexibility index (Phi) is 6.43. The van der Waals surface area contributed by atoms with Crippen LogP contribution in [0.2, 0.25) is 0 Å². The van der Waals surface area contributed by atoms with Crippen molar-refractivity contribution in [3.8, 4) is 0 Å². The molecular weight excluding hydrogens is 370 g/mol. The summed E-state index contributed by atoms with van der Waals surface area (Å²) < 4.78 is 0. The van der Waals surface area contributed by atoms with Gasteiger partial charge in [0.15, 0.2) is 0 Å². The van der Waals surface area contributed by atoms with Crippen LogP contribution in [0.3, 0.4) is 0 Å². The summed E-state index contributed by atoms with van der Waals surface area (Å²) in [7, 11) is 0. The zero-order valence-electron chi connectivity index (χ0n) is 19.3. The van der Waals surface area contributed by atoms with E-state index in [1.807, 2.05) is 36.4 Å². The SMILES string of the molecule is CC(C)(C)CC1C(=O)N(c2ccccc2)C(O)C1CC(c1ccccc1)C(C)(C)C. The van der Waals surface area contributed by atoms with Crippen LogP contribution in [0.15, 0.2) is 60.7 Å². The molecule has 3 heteroatoms. The molecule has 1 heterocycles. The van der Waals surface area contributed by atoms with Crippen molar-refractivity contribution in [1.29, 1.82) is 0 Å². The van der Waals surface area contributed by atoms with Crippen LogP contribution < -0.4 is 4.90 Å². The highest BCUT2D eigenvalue weighted by atomic mass is 16.3. The molecule has 1 fully saturated rings. The number of carbonyl (C=O) groups is 1. The van der Waals surface area contributed by atoms with Gasteiger partial charge in [0.1, 0.15) is 6.23 Å². The molecule has 1 amide bonds. The van der Waals surface area contributed by atoms with E-state index in [4.69, 9.17) is 0 Å². The van der Waals surface area contributed by atoms with Crippen molar-refractivity contribution in [2.75, 3.05) is 4.90 Å². The van der Waals surface area contributed by atoms with Crippen LogP contribution in [0.1, 0.15) is 65.9 Å². The summed E-state index contributed by atoms with van der Waals surface area (Å²) in [5, 5.41) is 11.4. The molecule has 3 rings (SSSR count). The van der Waals surface area contributed by atoms with E-state index in [1.165, 1.54) is 5.56 Å². The number of carbonyl (C=O) groups excluding carboxylic acids is 1. The number of aliphatic hydroxyl groups is 1. The maximum Gasteiger partial charge on any atom is 0.232 e. The average molecular weight is 408 g/mol. The minimum Gasteiger partial charge on any atom is -0.373 e. The Bertz CT molecular complexity index is 833. The molecule has 2 aromatic carbocycles. The van der Waals surface area contributed by atoms with Crippen molar-refractivity contribution < 1.29 is 9.90 Å². The lowest BCUT2D eigenvalue weighted by atomic mass is 9.68. The Morgan fingerprint density at radius 2 is 1.43 bits per heavy atom. The average Bonchev–Trinajstić information content (AvgIpc) is 2.88. The Morgan fingerprint density at radius 3 is 1.93 bits per heavy atom. The first-order valence-electron chi connectivity index (χ1n) is 11.1. The molecule has 1 aliphatic heterocycles. The van der Waals surface area contributed by atoms with Crippen LogP contribution in [0, 0.1) is 22.7 Å². The second-order valence-electron chi connectivity index (χ2n) is 11.1. The van der Waals surface area contributed by atoms with Gasteiger partial charge in [-0.15, -0.1) is 0 Å². The van der Waals surface area contributed by atoms with Gasteiger partial charge in [-0.05, 0) is 47.3 Å². The monoisotopic (exact) mass is 407 g/mol. The molecule has 4 unspecified atom stereocenters. The summed E-state index contributed by atoms with van der Waals surface area (Å²) in [6.07, 6.45) is 0.744. The summed E-state index contributed by atoms with van der Waals surface area (Å²) >= 11 is 0. The van der Waals surface area contributed by atoms with E-state index in [2.05, 4.69) is 65.8 Å². The molecule has 3 nitrogen and oxygen atoms in total. The lowest BCUT2D eigenvalue weighted by molar-refractivity contribution is -0.122. The standard InChI is InChI=1S/C27H37NO2/c1-26(2,3)18-22-21(17-23(27(4,5)6)19-13-9-7-10-14-19)24(29)28(25(22)30)20-15-11-8-12-16-20/h7-16,21-24,29H,17-18H2,1-6H3. The summed E-state index contributed by atoms with van der Waals surface area (Å²) in [5.41, 5.74) is 2.09. The Balaban J connectivity index is 1.99. The topological polar surface area (TPSA) is 40.5 Å². The lowest BCUT2D eigenvalue weighted by Crippen LogP contribution is -2.36. The summed E-state index contributed by atoms with van der Waals surface area (Å²) in [6.45, 7) is 13.3. The fourth-order valence-corrected chi connectivity index (χ4v) is 4.89. The first-order chi connectivity index (χ1) is 14.0. The van der Waals surface area contributed by atoms with Crippen LogP contribution in [0.5, 0.6) is 0 Å². The number of anilines is 1. The minimum atomic E-state index is -0.805. The third-order valence-corrected chi connectivity index (χ3v) is 6.34. The van der Waals surface area contributed by atoms with Gasteiger partial charge < -0.3 is 5.11 Å². The third kappa shape index (κ3) is 4.95. The van der Waals surface area contributed by atoms with Crippen molar-refractivity contribution >= 4 is 11.6 Å². The molecule has 2 aromatic rings. The smallest absolute Gasteiger partial charge is 0.232 e. The quantitative estimate of drug-likeness (QED) is 0.637. The molecule has 1 aliphatic rings. The molecular formula is C27H37NO2. The van der Waals surface area contributed by atoms with E-state index in [9.17, 15) is 9.90 Å². The first kappa shape index (κ1) is 22.6. The molecule has 0 aliphatic carbocycles. The number of benzene rings is 2. The number of para-hydroxylation sites is 1. The van der Waals surface area contributed by atoms with E-state index in [-0.39, 0.29) is 34.5 Å². The molecule has 0 spiro atoms. The molecule has 0 aromatic heterocycles. The highest BCUT2D eigenvalue weighted by Crippen LogP contribution is 2.48. The van der Waals surface area contributed by atoms with Gasteiger partial charge in [-0.3, -0.25) is 9.69 Å². The highest BCUT2D eigenvalue weighted by Gasteiger charge is 2.50. The second-order valence-corrected chi connectivity index (χ2v) is 11.1. The maximum absolute atomic E-state index is 13.5. The van der Waals surface area contributed by atoms with E-state index in [0.29, 0.717) is 0 Å². The van der Waals surface area contributed by atoms with Crippen LogP contribution in [-0.2, 0) is 4.79 Å². The largest absolute Gasteiger partial charge is 0.373 e. The van der Waals surface area contributed by atoms with Crippen molar-refractivity contribution in [1.82, 2.24) is 0 Å². The highest BCUT2D eigenvalue weighted by molar-refractivity contribution is 5.98. The van der Waals surface area contributed by atoms with Crippen molar-refractivity contribution in [3.05, 3.63) is 66.2 Å². The van der Waals surface area contributed by atoms with Gasteiger partial charge in [-0.1, -0.05) is 90.1 Å². The molecule has 1 saturated heterocycles. The lowest BCUT2D eigenvalue weighted by Gasteiger charge is -2.36. The Morgan fingerprint density at radius 1 is 0.900 bits per heavy atom. The maximum atomic E-state index is 13.5. The molecule has 1 N–H and O–H groups in total. The zero-order valence-corrected chi connectivity index (χ0v) is 19.3. The Hall–Kier alpha value is -2.13. The Labute approximate surface area is 182 Å². The molecule has 0 saturated carbocycles. The zero-order chi connectivity index (χ0) is 22.1. The van der Waals surface area contributed by atoms with Gasteiger partial charge in [0.05, 0.1) is 0 Å². The summed E-state index contributed by atoms with van der Waals surface area (Å²) in [5.74, 6) is 0.00816. The van der Waals surface area contributed by atoms with Gasteiger partial charge in [-0.25, -0.2) is 0 Å². The fraction of sp³-hybridized carbons (Fsp3) is 0.519. The minimum absolute atomic E-state index is 0.00890. The summed E-state index contributed by atoms with van der Waals surface area (Å²) in [4.78, 5) is 15.2. The molecule has 30 heavy (non-hydrogen) atoms. The predicted molar refractivity (Wildman–Crippen MR) is 124 cm³/mol. The molecule has 0 radical (unpaired) electrons. The predicted octanol–water partition coefficient (Wildman–Crippen LogP) is 6.24. The summed E-state index contributed by atoms with van der Waals surface area (Å²) in [6, 6.07) is 20.1. The van der Waals surface area contributed by atoms with E-state index < -0.39 is 6.23 Å². The van der Waals surface area contributed by atoms with Crippen LogP contribution in [0.25, 0.3) is 0 Å². The molecule has 162 valence electrons. The second kappa shape index (κ2) is 8.55. The number of nitrogens with zero attached hydrogens (tertiary/aromatic N) is 1. The number of amides is 1. The number of hydrogen-bond acceptors (Lipinski definition) is 2. The van der Waals surface area contributed by atoms with Crippen molar-refractivity contribution in [3.63, 3.8) is 0 Å². The van der Waals surface area contributed by atoms with Crippen LogP contribution in [0.4, 0.5) is 5.69 Å². The van der Waals surface area contributed by atoms with Crippen molar-refractivity contribution in [2.24, 2.45) is 22.7 Å². The normalized spacial score (nSPS) is 23.6. The fourth-order valence-electron chi connectivity index (χ4n) is 4.89.